The maximum atomic E-state index is 11.7. The van der Waals surface area contributed by atoms with Gasteiger partial charge in [-0.3, -0.25) is 10.1 Å². The normalized spacial score (nSPS) is 11.6. The molecule has 7 nitrogen and oxygen atoms in total. The number of hydrogen-bond donors (Lipinski definition) is 1. The van der Waals surface area contributed by atoms with Gasteiger partial charge in [-0.25, -0.2) is 4.79 Å². The van der Waals surface area contributed by atoms with E-state index in [0.717, 1.165) is 0 Å². The molecule has 1 N–H and O–H groups in total. The monoisotopic (exact) mass is 277 g/mol. The van der Waals surface area contributed by atoms with Gasteiger partial charge in [0.25, 0.3) is 5.69 Å². The van der Waals surface area contributed by atoms with Gasteiger partial charge in [0.1, 0.15) is 11.7 Å². The van der Waals surface area contributed by atoms with E-state index in [-0.39, 0.29) is 22.9 Å². The Balaban J connectivity index is 3.20. The van der Waals surface area contributed by atoms with E-state index in [1.54, 1.807) is 13.8 Å². The number of nitrogens with one attached hydrogen (secondary N) is 1. The standard InChI is InChI=1S/C13H15N3O4/c1-8(2)12(13(17)20-3)15-10-6-9(7-14)4-5-11(10)16(18)19/h4-6,8,12,15H,1-3H3. The Morgan fingerprint density at radius 1 is 1.50 bits per heavy atom. The Morgan fingerprint density at radius 2 is 2.15 bits per heavy atom. The average Bonchev–Trinajstić information content (AvgIpc) is 2.42. The molecule has 0 fully saturated rings. The molecule has 1 atom stereocenters. The van der Waals surface area contributed by atoms with Crippen molar-refractivity contribution >= 4 is 17.3 Å². The first-order valence-electron chi connectivity index (χ1n) is 5.93. The highest BCUT2D eigenvalue weighted by Crippen LogP contribution is 2.27. The van der Waals surface area contributed by atoms with Crippen LogP contribution in [0.2, 0.25) is 0 Å². The second kappa shape index (κ2) is 6.52. The lowest BCUT2D eigenvalue weighted by molar-refractivity contribution is -0.384. The van der Waals surface area contributed by atoms with E-state index < -0.39 is 16.9 Å². The zero-order valence-electron chi connectivity index (χ0n) is 11.4. The lowest BCUT2D eigenvalue weighted by Crippen LogP contribution is -2.35. The second-order valence-corrected chi connectivity index (χ2v) is 4.49. The van der Waals surface area contributed by atoms with Crippen molar-refractivity contribution in [3.8, 4) is 6.07 Å². The summed E-state index contributed by atoms with van der Waals surface area (Å²) in [5.41, 5.74) is 0.196. The first-order chi connectivity index (χ1) is 9.40. The van der Waals surface area contributed by atoms with Crippen LogP contribution in [0.25, 0.3) is 0 Å². The summed E-state index contributed by atoms with van der Waals surface area (Å²) >= 11 is 0. The van der Waals surface area contributed by atoms with Crippen LogP contribution in [0.1, 0.15) is 19.4 Å². The molecule has 0 amide bonds. The molecule has 0 heterocycles. The summed E-state index contributed by atoms with van der Waals surface area (Å²) < 4.78 is 4.67. The van der Waals surface area contributed by atoms with E-state index in [1.807, 2.05) is 6.07 Å². The molecule has 0 saturated heterocycles. The highest BCUT2D eigenvalue weighted by atomic mass is 16.6. The van der Waals surface area contributed by atoms with Crippen LogP contribution in [0.4, 0.5) is 11.4 Å². The van der Waals surface area contributed by atoms with Crippen molar-refractivity contribution in [2.75, 3.05) is 12.4 Å². The molecule has 1 aromatic rings. The van der Waals surface area contributed by atoms with Crippen molar-refractivity contribution in [1.82, 2.24) is 0 Å². The van der Waals surface area contributed by atoms with Gasteiger partial charge < -0.3 is 10.1 Å². The Kier molecular flexibility index (Phi) is 5.03. The maximum absolute atomic E-state index is 11.7. The van der Waals surface area contributed by atoms with E-state index in [9.17, 15) is 14.9 Å². The van der Waals surface area contributed by atoms with Gasteiger partial charge in [0, 0.05) is 6.07 Å². The van der Waals surface area contributed by atoms with Gasteiger partial charge in [-0.15, -0.1) is 0 Å². The molecular formula is C13H15N3O4. The molecule has 0 bridgehead atoms. The fourth-order valence-corrected chi connectivity index (χ4v) is 1.67. The number of carbonyl (C=O) groups is 1. The molecule has 20 heavy (non-hydrogen) atoms. The molecule has 1 rings (SSSR count). The molecular weight excluding hydrogens is 262 g/mol. The summed E-state index contributed by atoms with van der Waals surface area (Å²) in [6, 6.07) is 5.10. The van der Waals surface area contributed by atoms with Gasteiger partial charge in [-0.05, 0) is 18.1 Å². The minimum absolute atomic E-state index is 0.123. The van der Waals surface area contributed by atoms with Crippen molar-refractivity contribution in [2.45, 2.75) is 19.9 Å². The van der Waals surface area contributed by atoms with Crippen molar-refractivity contribution in [3.63, 3.8) is 0 Å². The zero-order chi connectivity index (χ0) is 15.3. The summed E-state index contributed by atoms with van der Waals surface area (Å²) in [6.07, 6.45) is 0. The van der Waals surface area contributed by atoms with Crippen molar-refractivity contribution < 1.29 is 14.5 Å². The average molecular weight is 277 g/mol. The Morgan fingerprint density at radius 3 is 2.60 bits per heavy atom. The van der Waals surface area contributed by atoms with Crippen LogP contribution >= 0.6 is 0 Å². The molecule has 1 unspecified atom stereocenters. The number of carbonyl (C=O) groups excluding carboxylic acids is 1. The molecule has 0 spiro atoms. The number of benzene rings is 1. The number of nitro benzene ring substituents is 1. The maximum Gasteiger partial charge on any atom is 0.328 e. The molecule has 106 valence electrons. The van der Waals surface area contributed by atoms with Gasteiger partial charge >= 0.3 is 5.97 Å². The zero-order valence-corrected chi connectivity index (χ0v) is 11.4. The summed E-state index contributed by atoms with van der Waals surface area (Å²) in [4.78, 5) is 22.1. The molecule has 0 aliphatic rings. The van der Waals surface area contributed by atoms with Gasteiger partial charge in [-0.1, -0.05) is 13.8 Å². The van der Waals surface area contributed by atoms with E-state index in [0.29, 0.717) is 0 Å². The highest BCUT2D eigenvalue weighted by Gasteiger charge is 2.26. The van der Waals surface area contributed by atoms with Crippen LogP contribution in [0.5, 0.6) is 0 Å². The minimum Gasteiger partial charge on any atom is -0.467 e. The first-order valence-corrected chi connectivity index (χ1v) is 5.93. The number of ether oxygens (including phenoxy) is 1. The van der Waals surface area contributed by atoms with E-state index in [1.165, 1.54) is 25.3 Å². The molecule has 0 aliphatic carbocycles. The Labute approximate surface area is 116 Å². The van der Waals surface area contributed by atoms with Crippen LogP contribution in [0, 0.1) is 27.4 Å². The third-order valence-corrected chi connectivity index (χ3v) is 2.76. The first kappa shape index (κ1) is 15.4. The lowest BCUT2D eigenvalue weighted by Gasteiger charge is -2.20. The molecule has 0 radical (unpaired) electrons. The van der Waals surface area contributed by atoms with Gasteiger partial charge in [0.05, 0.1) is 23.7 Å². The molecule has 1 aromatic carbocycles. The number of rotatable bonds is 5. The number of nitriles is 1. The largest absolute Gasteiger partial charge is 0.467 e. The summed E-state index contributed by atoms with van der Waals surface area (Å²) in [5.74, 6) is -0.649. The molecule has 0 aromatic heterocycles. The van der Waals surface area contributed by atoms with Crippen molar-refractivity contribution in [1.29, 1.82) is 5.26 Å². The number of nitrogens with zero attached hydrogens (tertiary/aromatic N) is 2. The second-order valence-electron chi connectivity index (χ2n) is 4.49. The number of anilines is 1. The number of methoxy groups -OCH3 is 1. The fourth-order valence-electron chi connectivity index (χ4n) is 1.67. The minimum atomic E-state index is -0.729. The van der Waals surface area contributed by atoms with Crippen LogP contribution in [-0.2, 0) is 9.53 Å². The Hall–Kier alpha value is -2.62. The van der Waals surface area contributed by atoms with Crippen LogP contribution < -0.4 is 5.32 Å². The smallest absolute Gasteiger partial charge is 0.328 e. The van der Waals surface area contributed by atoms with Gasteiger partial charge in [-0.2, -0.15) is 5.26 Å². The number of nitro groups is 1. The number of hydrogen-bond acceptors (Lipinski definition) is 6. The van der Waals surface area contributed by atoms with Crippen molar-refractivity contribution in [3.05, 3.63) is 33.9 Å². The summed E-state index contributed by atoms with van der Waals surface area (Å²) in [6.45, 7) is 3.57. The third-order valence-electron chi connectivity index (χ3n) is 2.76. The van der Waals surface area contributed by atoms with E-state index >= 15 is 0 Å². The number of esters is 1. The fraction of sp³-hybridized carbons (Fsp3) is 0.385. The quantitative estimate of drug-likeness (QED) is 0.501. The molecule has 0 saturated carbocycles. The van der Waals surface area contributed by atoms with Crippen molar-refractivity contribution in [2.24, 2.45) is 5.92 Å². The predicted octanol–water partition coefficient (Wildman–Crippen LogP) is 2.08. The topological polar surface area (TPSA) is 105 Å². The van der Waals surface area contributed by atoms with Crippen LogP contribution in [0.15, 0.2) is 18.2 Å². The summed E-state index contributed by atoms with van der Waals surface area (Å²) in [7, 11) is 1.25. The summed E-state index contributed by atoms with van der Waals surface area (Å²) in [5, 5.41) is 22.6. The van der Waals surface area contributed by atoms with Crippen LogP contribution in [-0.4, -0.2) is 24.0 Å². The van der Waals surface area contributed by atoms with E-state index in [4.69, 9.17) is 5.26 Å². The lowest BCUT2D eigenvalue weighted by atomic mass is 10.0. The Bertz CT molecular complexity index is 563. The predicted molar refractivity (Wildman–Crippen MR) is 72.1 cm³/mol. The van der Waals surface area contributed by atoms with Gasteiger partial charge in [0.15, 0.2) is 0 Å². The SMILES string of the molecule is COC(=O)C(Nc1cc(C#N)ccc1[N+](=O)[O-])C(C)C. The van der Waals surface area contributed by atoms with Crippen LogP contribution in [0.3, 0.4) is 0 Å². The molecule has 0 aliphatic heterocycles. The molecule has 7 heteroatoms. The highest BCUT2D eigenvalue weighted by molar-refractivity contribution is 5.81. The van der Waals surface area contributed by atoms with E-state index in [2.05, 4.69) is 10.1 Å². The third kappa shape index (κ3) is 3.45. The van der Waals surface area contributed by atoms with Gasteiger partial charge in [0.2, 0.25) is 0 Å².